The molecule has 1 atom stereocenters. The molecule has 1 aliphatic rings. The lowest BCUT2D eigenvalue weighted by molar-refractivity contribution is 0.188. The van der Waals surface area contributed by atoms with E-state index in [2.05, 4.69) is 15.2 Å². The minimum atomic E-state index is -0.255. The number of nitrogens with one attached hydrogen (secondary N) is 1. The van der Waals surface area contributed by atoms with Crippen LogP contribution in [0.15, 0.2) is 29.3 Å². The van der Waals surface area contributed by atoms with Gasteiger partial charge >= 0.3 is 0 Å². The van der Waals surface area contributed by atoms with Crippen LogP contribution in [-0.4, -0.2) is 54.9 Å². The highest BCUT2D eigenvalue weighted by Crippen LogP contribution is 2.12. The van der Waals surface area contributed by atoms with E-state index in [-0.39, 0.29) is 35.9 Å². The first-order valence-corrected chi connectivity index (χ1v) is 8.28. The Balaban J connectivity index is 0.00000288. The summed E-state index contributed by atoms with van der Waals surface area (Å²) in [4.78, 5) is 6.70. The highest BCUT2D eigenvalue weighted by Gasteiger charge is 2.22. The van der Waals surface area contributed by atoms with Crippen LogP contribution in [0, 0.1) is 5.82 Å². The molecule has 1 heterocycles. The molecule has 1 aromatic carbocycles. The van der Waals surface area contributed by atoms with E-state index in [1.54, 1.807) is 12.1 Å². The maximum absolute atomic E-state index is 12.8. The van der Waals surface area contributed by atoms with Crippen molar-refractivity contribution >= 4 is 29.9 Å². The van der Waals surface area contributed by atoms with Crippen molar-refractivity contribution in [3.8, 4) is 5.75 Å². The van der Waals surface area contributed by atoms with Crippen LogP contribution >= 0.6 is 24.0 Å². The first-order valence-electron chi connectivity index (χ1n) is 8.28. The minimum absolute atomic E-state index is 0. The van der Waals surface area contributed by atoms with Crippen LogP contribution in [0.2, 0.25) is 0 Å². The fourth-order valence-corrected chi connectivity index (χ4v) is 2.48. The van der Waals surface area contributed by atoms with Crippen LogP contribution in [0.4, 0.5) is 4.39 Å². The smallest absolute Gasteiger partial charge is 0.194 e. The molecule has 24 heavy (non-hydrogen) atoms. The lowest BCUT2D eigenvalue weighted by atomic mass is 10.3. The van der Waals surface area contributed by atoms with Crippen molar-refractivity contribution in [2.24, 2.45) is 4.99 Å². The van der Waals surface area contributed by atoms with E-state index < -0.39 is 0 Å². The Kier molecular flexibility index (Phi) is 10.0. The van der Waals surface area contributed by atoms with Crippen molar-refractivity contribution in [3.05, 3.63) is 30.1 Å². The Labute approximate surface area is 160 Å². The van der Waals surface area contributed by atoms with Crippen LogP contribution in [-0.2, 0) is 0 Å². The maximum atomic E-state index is 12.8. The van der Waals surface area contributed by atoms with Crippen LogP contribution in [0.25, 0.3) is 0 Å². The number of guanidine groups is 1. The number of likely N-dealkylation sites (tertiary alicyclic amines) is 1. The van der Waals surface area contributed by atoms with Gasteiger partial charge in [0.25, 0.3) is 0 Å². The molecular weight excluding hydrogens is 424 g/mol. The first kappa shape index (κ1) is 21.0. The van der Waals surface area contributed by atoms with E-state index in [0.29, 0.717) is 18.9 Å². The number of halogens is 2. The van der Waals surface area contributed by atoms with Crippen LogP contribution in [0.3, 0.4) is 0 Å². The topological polar surface area (TPSA) is 57.1 Å². The molecule has 1 saturated heterocycles. The zero-order chi connectivity index (χ0) is 16.5. The molecule has 1 aromatic rings. The number of nitrogens with zero attached hydrogens (tertiary/aromatic N) is 2. The number of β-amino-alcohol motifs (C(OH)–C–C–N with tert-alkyl or cyclic N) is 1. The number of unbranched alkanes of at least 4 members (excludes halogenated alkanes) is 1. The van der Waals surface area contributed by atoms with Gasteiger partial charge in [0.1, 0.15) is 11.6 Å². The summed E-state index contributed by atoms with van der Waals surface area (Å²) in [7, 11) is 0. The standard InChI is InChI=1S/C17H26FN3O2.HI/c1-2-19-17(21-11-9-15(22)13-21)20-10-3-4-12-23-16-7-5-14(18)6-8-16;/h5-8,15,22H,2-4,9-13H2,1H3,(H,19,20);1H/t15-;/m1./s1. The Morgan fingerprint density at radius 1 is 1.38 bits per heavy atom. The van der Waals surface area contributed by atoms with Crippen molar-refractivity contribution in [1.82, 2.24) is 10.2 Å². The third-order valence-electron chi connectivity index (χ3n) is 3.69. The fourth-order valence-electron chi connectivity index (χ4n) is 2.48. The Morgan fingerprint density at radius 2 is 2.12 bits per heavy atom. The first-order chi connectivity index (χ1) is 11.2. The molecule has 0 bridgehead atoms. The molecule has 5 nitrogen and oxygen atoms in total. The second-order valence-corrected chi connectivity index (χ2v) is 5.63. The van der Waals surface area contributed by atoms with Crippen molar-refractivity contribution in [1.29, 1.82) is 0 Å². The molecule has 1 fully saturated rings. The van der Waals surface area contributed by atoms with Gasteiger partial charge in [-0.2, -0.15) is 0 Å². The van der Waals surface area contributed by atoms with E-state index in [1.165, 1.54) is 12.1 Å². The molecule has 7 heteroatoms. The molecule has 0 aliphatic carbocycles. The third-order valence-corrected chi connectivity index (χ3v) is 3.69. The summed E-state index contributed by atoms with van der Waals surface area (Å²) in [6.07, 6.45) is 2.37. The van der Waals surface area contributed by atoms with Crippen LogP contribution < -0.4 is 10.1 Å². The summed E-state index contributed by atoms with van der Waals surface area (Å²) in [5, 5.41) is 12.9. The summed E-state index contributed by atoms with van der Waals surface area (Å²) in [5.74, 6) is 1.31. The predicted octanol–water partition coefficient (Wildman–Crippen LogP) is 2.63. The van der Waals surface area contributed by atoms with Gasteiger partial charge in [-0.15, -0.1) is 24.0 Å². The average Bonchev–Trinajstić information content (AvgIpc) is 2.97. The number of ether oxygens (including phenoxy) is 1. The van der Waals surface area contributed by atoms with E-state index in [1.807, 2.05) is 6.92 Å². The monoisotopic (exact) mass is 451 g/mol. The van der Waals surface area contributed by atoms with Gasteiger partial charge in [0.05, 0.1) is 12.7 Å². The molecule has 0 amide bonds. The largest absolute Gasteiger partial charge is 0.494 e. The van der Waals surface area contributed by atoms with Crippen LogP contribution in [0.1, 0.15) is 26.2 Å². The van der Waals surface area contributed by atoms with E-state index in [4.69, 9.17) is 4.74 Å². The molecule has 0 aromatic heterocycles. The molecule has 1 aliphatic heterocycles. The Bertz CT molecular complexity index is 499. The van der Waals surface area contributed by atoms with Crippen LogP contribution in [0.5, 0.6) is 5.75 Å². The van der Waals surface area contributed by atoms with Gasteiger partial charge in [-0.25, -0.2) is 4.39 Å². The molecule has 0 spiro atoms. The lowest BCUT2D eigenvalue weighted by Gasteiger charge is -2.20. The summed E-state index contributed by atoms with van der Waals surface area (Å²) >= 11 is 0. The molecular formula is C17H27FIN3O2. The molecule has 0 saturated carbocycles. The molecule has 0 radical (unpaired) electrons. The second-order valence-electron chi connectivity index (χ2n) is 5.63. The lowest BCUT2D eigenvalue weighted by Crippen LogP contribution is -2.40. The van der Waals surface area contributed by atoms with E-state index >= 15 is 0 Å². The maximum Gasteiger partial charge on any atom is 0.194 e. The number of aliphatic imine (C=N–C) groups is 1. The zero-order valence-corrected chi connectivity index (χ0v) is 16.4. The number of hydrogen-bond acceptors (Lipinski definition) is 3. The number of rotatable bonds is 7. The highest BCUT2D eigenvalue weighted by atomic mass is 127. The average molecular weight is 451 g/mol. The number of aliphatic hydroxyl groups is 1. The number of aliphatic hydroxyl groups excluding tert-OH is 1. The van der Waals surface area contributed by atoms with E-state index in [9.17, 15) is 9.50 Å². The second kappa shape index (κ2) is 11.5. The third kappa shape index (κ3) is 7.21. The Hall–Kier alpha value is -1.09. The molecule has 0 unspecified atom stereocenters. The summed E-state index contributed by atoms with van der Waals surface area (Å²) < 4.78 is 18.3. The quantitative estimate of drug-likeness (QED) is 0.290. The van der Waals surface area contributed by atoms with Crippen molar-refractivity contribution in [3.63, 3.8) is 0 Å². The highest BCUT2D eigenvalue weighted by molar-refractivity contribution is 14.0. The summed E-state index contributed by atoms with van der Waals surface area (Å²) in [6, 6.07) is 6.06. The molecule has 136 valence electrons. The van der Waals surface area contributed by atoms with Crippen molar-refractivity contribution in [2.45, 2.75) is 32.3 Å². The van der Waals surface area contributed by atoms with Crippen molar-refractivity contribution < 1.29 is 14.2 Å². The predicted molar refractivity (Wildman–Crippen MR) is 105 cm³/mol. The normalized spacial score (nSPS) is 17.5. The van der Waals surface area contributed by atoms with Crippen molar-refractivity contribution in [2.75, 3.05) is 32.8 Å². The van der Waals surface area contributed by atoms with Gasteiger partial charge in [-0.05, 0) is 50.5 Å². The van der Waals surface area contributed by atoms with E-state index in [0.717, 1.165) is 44.9 Å². The Morgan fingerprint density at radius 3 is 2.75 bits per heavy atom. The summed E-state index contributed by atoms with van der Waals surface area (Å²) in [6.45, 7) is 5.68. The van der Waals surface area contributed by atoms with Gasteiger partial charge in [0.2, 0.25) is 0 Å². The van der Waals surface area contributed by atoms with Gasteiger partial charge in [-0.3, -0.25) is 4.99 Å². The van der Waals surface area contributed by atoms with Gasteiger partial charge in [-0.1, -0.05) is 0 Å². The number of hydrogen-bond donors (Lipinski definition) is 2. The fraction of sp³-hybridized carbons (Fsp3) is 0.588. The molecule has 2 rings (SSSR count). The number of benzene rings is 1. The SMILES string of the molecule is CCNC(=NCCCCOc1ccc(F)cc1)N1CC[C@@H](O)C1.I. The summed E-state index contributed by atoms with van der Waals surface area (Å²) in [5.41, 5.74) is 0. The van der Waals surface area contributed by atoms with Gasteiger partial charge in [0, 0.05) is 26.2 Å². The van der Waals surface area contributed by atoms with Gasteiger partial charge < -0.3 is 20.1 Å². The molecule has 2 N–H and O–H groups in total. The minimum Gasteiger partial charge on any atom is -0.494 e. The van der Waals surface area contributed by atoms with Gasteiger partial charge in [0.15, 0.2) is 5.96 Å². The zero-order valence-electron chi connectivity index (χ0n) is 14.1.